The maximum absolute atomic E-state index is 11.8. The first kappa shape index (κ1) is 15.4. The number of carbonyl (C=O) groups is 1. The molecule has 1 aromatic carbocycles. The molecule has 0 radical (unpaired) electrons. The molecule has 0 bridgehead atoms. The van der Waals surface area contributed by atoms with Gasteiger partial charge in [-0.25, -0.2) is 0 Å². The number of nitrogens with one attached hydrogen (secondary N) is 1. The quantitative estimate of drug-likeness (QED) is 0.756. The zero-order valence-electron chi connectivity index (χ0n) is 10.8. The van der Waals surface area contributed by atoms with E-state index in [2.05, 4.69) is 12.2 Å². The van der Waals surface area contributed by atoms with E-state index >= 15 is 0 Å². The SMILES string of the molecule is CCC(N)CSCC(=O)Nc1ccccc1SC. The summed E-state index contributed by atoms with van der Waals surface area (Å²) in [4.78, 5) is 12.9. The van der Waals surface area contributed by atoms with Crippen LogP contribution < -0.4 is 11.1 Å². The Kier molecular flexibility index (Phi) is 7.23. The Morgan fingerprint density at radius 1 is 1.44 bits per heavy atom. The van der Waals surface area contributed by atoms with Gasteiger partial charge in [0, 0.05) is 16.7 Å². The molecule has 0 aliphatic rings. The standard InChI is InChI=1S/C13H20N2OS2/c1-3-10(14)8-18-9-13(16)15-11-6-4-5-7-12(11)17-2/h4-7,10H,3,8-9,14H2,1-2H3,(H,15,16). The minimum Gasteiger partial charge on any atom is -0.327 e. The van der Waals surface area contributed by atoms with Crippen molar-refractivity contribution in [2.75, 3.05) is 23.1 Å². The largest absolute Gasteiger partial charge is 0.327 e. The molecule has 1 amide bonds. The fourth-order valence-electron chi connectivity index (χ4n) is 1.36. The zero-order chi connectivity index (χ0) is 13.4. The third-order valence-corrected chi connectivity index (χ3v) is 4.40. The van der Waals surface area contributed by atoms with Crippen LogP contribution in [0, 0.1) is 0 Å². The van der Waals surface area contributed by atoms with Gasteiger partial charge in [-0.3, -0.25) is 4.79 Å². The molecule has 0 heterocycles. The highest BCUT2D eigenvalue weighted by molar-refractivity contribution is 8.00. The average molecular weight is 284 g/mol. The van der Waals surface area contributed by atoms with Crippen LogP contribution in [0.15, 0.2) is 29.2 Å². The molecular formula is C13H20N2OS2. The highest BCUT2D eigenvalue weighted by Crippen LogP contribution is 2.24. The van der Waals surface area contributed by atoms with Crippen LogP contribution in [0.2, 0.25) is 0 Å². The number of hydrogen-bond acceptors (Lipinski definition) is 4. The molecule has 3 nitrogen and oxygen atoms in total. The summed E-state index contributed by atoms with van der Waals surface area (Å²) < 4.78 is 0. The van der Waals surface area contributed by atoms with Crippen molar-refractivity contribution in [1.29, 1.82) is 0 Å². The van der Waals surface area contributed by atoms with Gasteiger partial charge in [-0.1, -0.05) is 19.1 Å². The third kappa shape index (κ3) is 5.33. The van der Waals surface area contributed by atoms with E-state index in [0.29, 0.717) is 5.75 Å². The molecule has 0 saturated heterocycles. The lowest BCUT2D eigenvalue weighted by Gasteiger charge is -2.10. The lowest BCUT2D eigenvalue weighted by Crippen LogP contribution is -2.23. The van der Waals surface area contributed by atoms with Crippen molar-refractivity contribution >= 4 is 35.1 Å². The van der Waals surface area contributed by atoms with Gasteiger partial charge in [-0.2, -0.15) is 11.8 Å². The molecule has 18 heavy (non-hydrogen) atoms. The van der Waals surface area contributed by atoms with Crippen molar-refractivity contribution in [1.82, 2.24) is 0 Å². The van der Waals surface area contributed by atoms with Crippen molar-refractivity contribution in [3.63, 3.8) is 0 Å². The molecule has 3 N–H and O–H groups in total. The van der Waals surface area contributed by atoms with E-state index in [4.69, 9.17) is 5.73 Å². The van der Waals surface area contributed by atoms with Crippen molar-refractivity contribution in [3.8, 4) is 0 Å². The van der Waals surface area contributed by atoms with E-state index in [-0.39, 0.29) is 11.9 Å². The van der Waals surface area contributed by atoms with E-state index in [9.17, 15) is 4.79 Å². The van der Waals surface area contributed by atoms with Crippen LogP contribution in [0.1, 0.15) is 13.3 Å². The van der Waals surface area contributed by atoms with Gasteiger partial charge in [-0.05, 0) is 24.8 Å². The highest BCUT2D eigenvalue weighted by Gasteiger charge is 2.07. The Bertz CT molecular complexity index is 385. The number of carbonyl (C=O) groups excluding carboxylic acids is 1. The second kappa shape index (κ2) is 8.45. The predicted octanol–water partition coefficient (Wildman–Crippen LogP) is 2.82. The van der Waals surface area contributed by atoms with Crippen LogP contribution in [-0.4, -0.2) is 29.7 Å². The minimum absolute atomic E-state index is 0.0322. The molecule has 0 aliphatic carbocycles. The fraction of sp³-hybridized carbons (Fsp3) is 0.462. The summed E-state index contributed by atoms with van der Waals surface area (Å²) in [5.74, 6) is 1.31. The highest BCUT2D eigenvalue weighted by atomic mass is 32.2. The van der Waals surface area contributed by atoms with Crippen LogP contribution in [0.4, 0.5) is 5.69 Å². The van der Waals surface area contributed by atoms with Crippen LogP contribution in [-0.2, 0) is 4.79 Å². The van der Waals surface area contributed by atoms with Gasteiger partial charge in [-0.15, -0.1) is 11.8 Å². The van der Waals surface area contributed by atoms with Gasteiger partial charge in [0.15, 0.2) is 0 Å². The summed E-state index contributed by atoms with van der Waals surface area (Å²) >= 11 is 3.21. The number of hydrogen-bond donors (Lipinski definition) is 2. The first-order valence-electron chi connectivity index (χ1n) is 5.93. The van der Waals surface area contributed by atoms with Crippen molar-refractivity contribution < 1.29 is 4.79 Å². The van der Waals surface area contributed by atoms with Crippen LogP contribution in [0.25, 0.3) is 0 Å². The van der Waals surface area contributed by atoms with E-state index in [1.165, 1.54) is 0 Å². The Balaban J connectivity index is 2.40. The summed E-state index contributed by atoms with van der Waals surface area (Å²) in [7, 11) is 0. The molecule has 0 spiro atoms. The van der Waals surface area contributed by atoms with Crippen LogP contribution in [0.5, 0.6) is 0 Å². The topological polar surface area (TPSA) is 55.1 Å². The third-order valence-electron chi connectivity index (χ3n) is 2.47. The molecule has 1 aromatic rings. The Morgan fingerprint density at radius 3 is 2.83 bits per heavy atom. The van der Waals surface area contributed by atoms with Crippen molar-refractivity contribution in [3.05, 3.63) is 24.3 Å². The number of benzene rings is 1. The summed E-state index contributed by atoms with van der Waals surface area (Å²) in [5, 5.41) is 2.93. The maximum Gasteiger partial charge on any atom is 0.234 e. The minimum atomic E-state index is 0.0322. The molecule has 1 unspecified atom stereocenters. The summed E-state index contributed by atoms with van der Waals surface area (Å²) in [5.41, 5.74) is 6.69. The second-order valence-electron chi connectivity index (χ2n) is 3.93. The van der Waals surface area contributed by atoms with Gasteiger partial charge in [0.25, 0.3) is 0 Å². The first-order valence-corrected chi connectivity index (χ1v) is 8.31. The number of para-hydroxylation sites is 1. The van der Waals surface area contributed by atoms with E-state index in [1.54, 1.807) is 23.5 Å². The number of thioether (sulfide) groups is 2. The zero-order valence-corrected chi connectivity index (χ0v) is 12.4. The Hall–Kier alpha value is -0.650. The summed E-state index contributed by atoms with van der Waals surface area (Å²) in [6, 6.07) is 8.00. The van der Waals surface area contributed by atoms with Gasteiger partial charge in [0.2, 0.25) is 5.91 Å². The molecule has 100 valence electrons. The van der Waals surface area contributed by atoms with Gasteiger partial charge >= 0.3 is 0 Å². The smallest absolute Gasteiger partial charge is 0.234 e. The van der Waals surface area contributed by atoms with E-state index < -0.39 is 0 Å². The number of anilines is 1. The first-order chi connectivity index (χ1) is 8.67. The predicted molar refractivity (Wildman–Crippen MR) is 82.4 cm³/mol. The second-order valence-corrected chi connectivity index (χ2v) is 5.81. The van der Waals surface area contributed by atoms with Crippen molar-refractivity contribution in [2.45, 2.75) is 24.3 Å². The van der Waals surface area contributed by atoms with E-state index in [1.807, 2.05) is 30.5 Å². The molecule has 0 aliphatic heterocycles. The number of rotatable bonds is 7. The van der Waals surface area contributed by atoms with Gasteiger partial charge in [0.1, 0.15) is 0 Å². The fourth-order valence-corrected chi connectivity index (χ4v) is 2.82. The van der Waals surface area contributed by atoms with Crippen molar-refractivity contribution in [2.24, 2.45) is 5.73 Å². The van der Waals surface area contributed by atoms with Gasteiger partial charge in [0.05, 0.1) is 11.4 Å². The van der Waals surface area contributed by atoms with Crippen LogP contribution in [0.3, 0.4) is 0 Å². The lowest BCUT2D eigenvalue weighted by molar-refractivity contribution is -0.113. The summed E-state index contributed by atoms with van der Waals surface area (Å²) in [6.07, 6.45) is 2.95. The van der Waals surface area contributed by atoms with Crippen LogP contribution >= 0.6 is 23.5 Å². The monoisotopic (exact) mass is 284 g/mol. The molecule has 0 aromatic heterocycles. The summed E-state index contributed by atoms with van der Waals surface area (Å²) in [6.45, 7) is 2.06. The Labute approximate surface area is 117 Å². The molecule has 0 fully saturated rings. The molecule has 5 heteroatoms. The number of nitrogens with two attached hydrogens (primary N) is 1. The molecule has 0 saturated carbocycles. The molecule has 1 rings (SSSR count). The maximum atomic E-state index is 11.8. The Morgan fingerprint density at radius 2 is 2.17 bits per heavy atom. The normalized spacial score (nSPS) is 12.2. The van der Waals surface area contributed by atoms with Gasteiger partial charge < -0.3 is 11.1 Å². The number of amides is 1. The van der Waals surface area contributed by atoms with E-state index in [0.717, 1.165) is 22.8 Å². The lowest BCUT2D eigenvalue weighted by atomic mass is 10.3. The molecular weight excluding hydrogens is 264 g/mol. The molecule has 1 atom stereocenters. The average Bonchev–Trinajstić information content (AvgIpc) is 2.39.